The van der Waals surface area contributed by atoms with Gasteiger partial charge >= 0.3 is 0 Å². The third kappa shape index (κ3) is 4.79. The molecule has 1 aromatic heterocycles. The van der Waals surface area contributed by atoms with Crippen LogP contribution in [0.3, 0.4) is 0 Å². The number of nitrogens with one attached hydrogen (secondary N) is 1. The summed E-state index contributed by atoms with van der Waals surface area (Å²) in [7, 11) is 0. The van der Waals surface area contributed by atoms with Crippen LogP contribution >= 0.6 is 0 Å². The van der Waals surface area contributed by atoms with Gasteiger partial charge in [0.05, 0.1) is 6.61 Å². The van der Waals surface area contributed by atoms with E-state index in [0.717, 1.165) is 6.54 Å². The molecule has 84 valence electrons. The van der Waals surface area contributed by atoms with Crippen molar-refractivity contribution in [3.8, 4) is 5.88 Å². The van der Waals surface area contributed by atoms with Gasteiger partial charge in [-0.15, -0.1) is 0 Å². The highest BCUT2D eigenvalue weighted by Gasteiger charge is 2.08. The van der Waals surface area contributed by atoms with Gasteiger partial charge in [0.2, 0.25) is 5.88 Å². The van der Waals surface area contributed by atoms with Crippen LogP contribution in [0.15, 0.2) is 18.3 Å². The summed E-state index contributed by atoms with van der Waals surface area (Å²) in [5.41, 5.74) is 1.33. The Morgan fingerprint density at radius 1 is 1.40 bits per heavy atom. The second kappa shape index (κ2) is 5.12. The molecule has 15 heavy (non-hydrogen) atoms. The predicted molar refractivity (Wildman–Crippen MR) is 62.0 cm³/mol. The summed E-state index contributed by atoms with van der Waals surface area (Å²) in [6, 6.07) is 3.98. The lowest BCUT2D eigenvalue weighted by Crippen LogP contribution is -2.35. The number of ether oxygens (including phenoxy) is 1. The van der Waals surface area contributed by atoms with Gasteiger partial charge in [0.25, 0.3) is 0 Å². The Labute approximate surface area is 91.9 Å². The summed E-state index contributed by atoms with van der Waals surface area (Å²) in [5.74, 6) is 0.700. The van der Waals surface area contributed by atoms with Crippen molar-refractivity contribution in [2.45, 2.75) is 39.8 Å². The molecule has 0 radical (unpaired) electrons. The molecule has 3 heteroatoms. The maximum Gasteiger partial charge on any atom is 0.213 e. The lowest BCUT2D eigenvalue weighted by molar-refractivity contribution is 0.326. The molecule has 0 aliphatic heterocycles. The molecule has 1 heterocycles. The molecule has 0 bridgehead atoms. The predicted octanol–water partition coefficient (Wildman–Crippen LogP) is 2.37. The molecule has 0 saturated heterocycles. The molecule has 1 rings (SSSR count). The summed E-state index contributed by atoms with van der Waals surface area (Å²) >= 11 is 0. The number of hydrogen-bond donors (Lipinski definition) is 1. The smallest absolute Gasteiger partial charge is 0.213 e. The van der Waals surface area contributed by atoms with Crippen molar-refractivity contribution >= 4 is 0 Å². The monoisotopic (exact) mass is 208 g/mol. The minimum Gasteiger partial charge on any atom is -0.478 e. The van der Waals surface area contributed by atoms with E-state index in [4.69, 9.17) is 4.74 Å². The highest BCUT2D eigenvalue weighted by molar-refractivity contribution is 5.20. The number of aromatic nitrogens is 1. The number of pyridine rings is 1. The standard InChI is InChI=1S/C12H20N2O/c1-5-15-11-8-10(6-7-13-11)9-14-12(2,3)4/h6-8,14H,5,9H2,1-4H3. The van der Waals surface area contributed by atoms with Crippen molar-refractivity contribution in [1.82, 2.24) is 10.3 Å². The van der Waals surface area contributed by atoms with Gasteiger partial charge in [0.1, 0.15) is 0 Å². The Morgan fingerprint density at radius 2 is 2.13 bits per heavy atom. The molecule has 0 aliphatic carbocycles. The first-order chi connectivity index (χ1) is 7.01. The van der Waals surface area contributed by atoms with Crippen molar-refractivity contribution in [3.63, 3.8) is 0 Å². The molecule has 0 fully saturated rings. The first-order valence-electron chi connectivity index (χ1n) is 5.34. The molecule has 0 aromatic carbocycles. The third-order valence-corrected chi connectivity index (χ3v) is 1.91. The molecular formula is C12H20N2O. The first kappa shape index (κ1) is 12.0. The zero-order valence-electron chi connectivity index (χ0n) is 10.0. The number of nitrogens with zero attached hydrogens (tertiary/aromatic N) is 1. The van der Waals surface area contributed by atoms with Crippen LogP contribution in [0.25, 0.3) is 0 Å². The Hall–Kier alpha value is -1.09. The van der Waals surface area contributed by atoms with E-state index >= 15 is 0 Å². The fourth-order valence-corrected chi connectivity index (χ4v) is 1.15. The van der Waals surface area contributed by atoms with E-state index < -0.39 is 0 Å². The normalized spacial score (nSPS) is 11.5. The van der Waals surface area contributed by atoms with Crippen molar-refractivity contribution < 1.29 is 4.74 Å². The average molecular weight is 208 g/mol. The largest absolute Gasteiger partial charge is 0.478 e. The Bertz CT molecular complexity index is 305. The van der Waals surface area contributed by atoms with Gasteiger partial charge in [0.15, 0.2) is 0 Å². The first-order valence-corrected chi connectivity index (χ1v) is 5.34. The quantitative estimate of drug-likeness (QED) is 0.824. The van der Waals surface area contributed by atoms with E-state index in [1.54, 1.807) is 6.20 Å². The number of rotatable bonds is 4. The van der Waals surface area contributed by atoms with Gasteiger partial charge in [-0.1, -0.05) is 0 Å². The van der Waals surface area contributed by atoms with Crippen LogP contribution in [0.4, 0.5) is 0 Å². The summed E-state index contributed by atoms with van der Waals surface area (Å²) in [6.45, 7) is 9.91. The molecule has 3 nitrogen and oxygen atoms in total. The zero-order valence-corrected chi connectivity index (χ0v) is 10.0. The van der Waals surface area contributed by atoms with Crippen LogP contribution in [0.1, 0.15) is 33.3 Å². The van der Waals surface area contributed by atoms with Crippen molar-refractivity contribution in [2.24, 2.45) is 0 Å². The summed E-state index contributed by atoms with van der Waals surface area (Å²) < 4.78 is 5.34. The second-order valence-corrected chi connectivity index (χ2v) is 4.54. The zero-order chi connectivity index (χ0) is 11.3. The summed E-state index contributed by atoms with van der Waals surface area (Å²) in [6.07, 6.45) is 1.78. The van der Waals surface area contributed by atoms with E-state index in [-0.39, 0.29) is 5.54 Å². The van der Waals surface area contributed by atoms with Gasteiger partial charge in [0, 0.05) is 24.3 Å². The van der Waals surface area contributed by atoms with Crippen molar-refractivity contribution in [3.05, 3.63) is 23.9 Å². The van der Waals surface area contributed by atoms with Gasteiger partial charge in [-0.3, -0.25) is 0 Å². The Kier molecular flexibility index (Phi) is 4.09. The molecule has 0 saturated carbocycles. The minimum atomic E-state index is 0.134. The van der Waals surface area contributed by atoms with E-state index in [0.29, 0.717) is 12.5 Å². The summed E-state index contributed by atoms with van der Waals surface area (Å²) in [4.78, 5) is 4.12. The van der Waals surface area contributed by atoms with E-state index in [2.05, 4.69) is 31.1 Å². The average Bonchev–Trinajstić information content (AvgIpc) is 2.15. The summed E-state index contributed by atoms with van der Waals surface area (Å²) in [5, 5.41) is 3.42. The maximum absolute atomic E-state index is 5.34. The lowest BCUT2D eigenvalue weighted by Gasteiger charge is -2.20. The molecular weight excluding hydrogens is 188 g/mol. The Morgan fingerprint density at radius 3 is 2.73 bits per heavy atom. The Balaban J connectivity index is 2.57. The topological polar surface area (TPSA) is 34.1 Å². The minimum absolute atomic E-state index is 0.134. The van der Waals surface area contributed by atoms with E-state index in [1.165, 1.54) is 5.56 Å². The highest BCUT2D eigenvalue weighted by Crippen LogP contribution is 2.10. The van der Waals surface area contributed by atoms with Crippen LogP contribution in [0, 0.1) is 0 Å². The van der Waals surface area contributed by atoms with Gasteiger partial charge < -0.3 is 10.1 Å². The van der Waals surface area contributed by atoms with Crippen LogP contribution in [0.5, 0.6) is 5.88 Å². The fourth-order valence-electron chi connectivity index (χ4n) is 1.15. The van der Waals surface area contributed by atoms with Crippen LogP contribution in [-0.4, -0.2) is 17.1 Å². The molecule has 0 aliphatic rings. The molecule has 0 spiro atoms. The van der Waals surface area contributed by atoms with Crippen LogP contribution < -0.4 is 10.1 Å². The lowest BCUT2D eigenvalue weighted by atomic mass is 10.1. The van der Waals surface area contributed by atoms with Gasteiger partial charge in [-0.05, 0) is 39.3 Å². The third-order valence-electron chi connectivity index (χ3n) is 1.91. The van der Waals surface area contributed by atoms with Crippen molar-refractivity contribution in [2.75, 3.05) is 6.61 Å². The van der Waals surface area contributed by atoms with Crippen LogP contribution in [0.2, 0.25) is 0 Å². The maximum atomic E-state index is 5.34. The van der Waals surface area contributed by atoms with Crippen LogP contribution in [-0.2, 0) is 6.54 Å². The molecule has 1 aromatic rings. The van der Waals surface area contributed by atoms with E-state index in [9.17, 15) is 0 Å². The molecule has 1 N–H and O–H groups in total. The number of hydrogen-bond acceptors (Lipinski definition) is 3. The molecule has 0 atom stereocenters. The van der Waals surface area contributed by atoms with E-state index in [1.807, 2.05) is 19.1 Å². The van der Waals surface area contributed by atoms with Crippen molar-refractivity contribution in [1.29, 1.82) is 0 Å². The van der Waals surface area contributed by atoms with Gasteiger partial charge in [-0.25, -0.2) is 4.98 Å². The van der Waals surface area contributed by atoms with Gasteiger partial charge in [-0.2, -0.15) is 0 Å². The molecule has 0 amide bonds. The highest BCUT2D eigenvalue weighted by atomic mass is 16.5. The molecule has 0 unspecified atom stereocenters. The SMILES string of the molecule is CCOc1cc(CNC(C)(C)C)ccn1. The second-order valence-electron chi connectivity index (χ2n) is 4.54. The fraction of sp³-hybridized carbons (Fsp3) is 0.583.